The minimum Gasteiger partial charge on any atom is -0.383 e. The monoisotopic (exact) mass is 317 g/mol. The van der Waals surface area contributed by atoms with Crippen molar-refractivity contribution in [1.29, 1.82) is 5.26 Å². The van der Waals surface area contributed by atoms with Crippen LogP contribution in [0.3, 0.4) is 0 Å². The van der Waals surface area contributed by atoms with Crippen LogP contribution < -0.4 is 5.73 Å². The molecule has 0 spiro atoms. The third-order valence-corrected chi connectivity index (χ3v) is 3.96. The summed E-state index contributed by atoms with van der Waals surface area (Å²) in [6.45, 7) is 4.00. The average molecular weight is 317 g/mol. The maximum Gasteiger partial charge on any atom is 0.142 e. The van der Waals surface area contributed by atoms with Crippen molar-refractivity contribution in [2.45, 2.75) is 13.8 Å². The highest BCUT2D eigenvalue weighted by Gasteiger charge is 2.15. The van der Waals surface area contributed by atoms with E-state index in [1.54, 1.807) is 18.2 Å². The zero-order chi connectivity index (χ0) is 17.3. The van der Waals surface area contributed by atoms with E-state index in [2.05, 4.69) is 11.1 Å². The van der Waals surface area contributed by atoms with Crippen molar-refractivity contribution < 1.29 is 4.39 Å². The summed E-state index contributed by atoms with van der Waals surface area (Å²) < 4.78 is 13.6. The molecule has 3 nitrogen and oxygen atoms in total. The van der Waals surface area contributed by atoms with Gasteiger partial charge in [-0.2, -0.15) is 5.26 Å². The Morgan fingerprint density at radius 1 is 1.04 bits per heavy atom. The first kappa shape index (κ1) is 15.7. The third kappa shape index (κ3) is 2.84. The van der Waals surface area contributed by atoms with Crippen molar-refractivity contribution in [3.63, 3.8) is 0 Å². The normalized spacial score (nSPS) is 10.4. The van der Waals surface area contributed by atoms with E-state index in [4.69, 9.17) is 5.73 Å². The fourth-order valence-corrected chi connectivity index (χ4v) is 2.72. The second kappa shape index (κ2) is 6.13. The van der Waals surface area contributed by atoms with Crippen molar-refractivity contribution >= 4 is 5.82 Å². The molecule has 4 heteroatoms. The standard InChI is InChI=1S/C20H16FN3/c1-12-6-7-13(2)16(8-12)19-10-17(18(11-22)20(23)24-19)14-4-3-5-15(21)9-14/h3-10H,1-2H3,(H2,23,24). The van der Waals surface area contributed by atoms with Crippen LogP contribution in [0, 0.1) is 31.0 Å². The number of anilines is 1. The van der Waals surface area contributed by atoms with Gasteiger partial charge in [0.1, 0.15) is 23.3 Å². The molecular formula is C20H16FN3. The Bertz CT molecular complexity index is 971. The summed E-state index contributed by atoms with van der Waals surface area (Å²) in [6.07, 6.45) is 0. The van der Waals surface area contributed by atoms with Crippen molar-refractivity contribution in [2.75, 3.05) is 5.73 Å². The minimum atomic E-state index is -0.361. The molecule has 0 saturated carbocycles. The predicted octanol–water partition coefficient (Wildman–Crippen LogP) is 4.63. The van der Waals surface area contributed by atoms with Gasteiger partial charge >= 0.3 is 0 Å². The van der Waals surface area contributed by atoms with Crippen LogP contribution in [0.1, 0.15) is 16.7 Å². The molecule has 0 aliphatic carbocycles. The summed E-state index contributed by atoms with van der Waals surface area (Å²) in [6, 6.07) is 16.1. The molecule has 0 unspecified atom stereocenters. The van der Waals surface area contributed by atoms with Crippen molar-refractivity contribution in [3.8, 4) is 28.5 Å². The van der Waals surface area contributed by atoms with Crippen molar-refractivity contribution in [3.05, 3.63) is 71.0 Å². The molecule has 0 aliphatic rings. The van der Waals surface area contributed by atoms with Crippen LogP contribution in [0.15, 0.2) is 48.5 Å². The number of pyridine rings is 1. The number of nitrogens with zero attached hydrogens (tertiary/aromatic N) is 2. The fourth-order valence-electron chi connectivity index (χ4n) is 2.72. The molecular weight excluding hydrogens is 301 g/mol. The molecule has 0 aliphatic heterocycles. The number of aromatic nitrogens is 1. The van der Waals surface area contributed by atoms with Gasteiger partial charge < -0.3 is 5.73 Å². The van der Waals surface area contributed by atoms with Gasteiger partial charge in [-0.3, -0.25) is 0 Å². The highest BCUT2D eigenvalue weighted by Crippen LogP contribution is 2.32. The van der Waals surface area contributed by atoms with Crippen molar-refractivity contribution in [1.82, 2.24) is 4.98 Å². The van der Waals surface area contributed by atoms with Crippen LogP contribution in [0.25, 0.3) is 22.4 Å². The molecule has 1 heterocycles. The third-order valence-electron chi connectivity index (χ3n) is 3.96. The average Bonchev–Trinajstić information content (AvgIpc) is 2.56. The van der Waals surface area contributed by atoms with Gasteiger partial charge in [-0.25, -0.2) is 9.37 Å². The Labute approximate surface area is 140 Å². The molecule has 3 rings (SSSR count). The Balaban J connectivity index is 2.28. The van der Waals surface area contributed by atoms with Gasteiger partial charge in [0.25, 0.3) is 0 Å². The molecule has 0 atom stereocenters. The van der Waals surface area contributed by atoms with Gasteiger partial charge in [0.15, 0.2) is 0 Å². The van der Waals surface area contributed by atoms with E-state index in [0.717, 1.165) is 16.7 Å². The van der Waals surface area contributed by atoms with Gasteiger partial charge in [-0.05, 0) is 49.2 Å². The molecule has 0 bridgehead atoms. The lowest BCUT2D eigenvalue weighted by Gasteiger charge is -2.12. The summed E-state index contributed by atoms with van der Waals surface area (Å²) in [7, 11) is 0. The second-order valence-corrected chi connectivity index (χ2v) is 5.76. The van der Waals surface area contributed by atoms with E-state index in [1.807, 2.05) is 32.0 Å². The van der Waals surface area contributed by atoms with E-state index in [1.165, 1.54) is 12.1 Å². The fraction of sp³-hybridized carbons (Fsp3) is 0.100. The lowest BCUT2D eigenvalue weighted by atomic mass is 9.96. The Kier molecular flexibility index (Phi) is 4.01. The molecule has 3 aromatic rings. The van der Waals surface area contributed by atoms with Crippen LogP contribution in [0.2, 0.25) is 0 Å². The van der Waals surface area contributed by atoms with E-state index in [9.17, 15) is 9.65 Å². The Morgan fingerprint density at radius 3 is 2.54 bits per heavy atom. The summed E-state index contributed by atoms with van der Waals surface area (Å²) in [5.74, 6) is -0.213. The van der Waals surface area contributed by atoms with Gasteiger partial charge in [-0.1, -0.05) is 29.8 Å². The van der Waals surface area contributed by atoms with Crippen LogP contribution in [-0.2, 0) is 0 Å². The highest BCUT2D eigenvalue weighted by molar-refractivity contribution is 5.80. The van der Waals surface area contributed by atoms with Crippen LogP contribution in [0.4, 0.5) is 10.2 Å². The summed E-state index contributed by atoms with van der Waals surface area (Å²) in [5, 5.41) is 9.43. The zero-order valence-corrected chi connectivity index (χ0v) is 13.5. The van der Waals surface area contributed by atoms with E-state index >= 15 is 0 Å². The first-order chi connectivity index (χ1) is 11.5. The van der Waals surface area contributed by atoms with Gasteiger partial charge in [0.2, 0.25) is 0 Å². The molecule has 1 aromatic heterocycles. The highest BCUT2D eigenvalue weighted by atomic mass is 19.1. The summed E-state index contributed by atoms with van der Waals surface area (Å²) in [5.41, 5.74) is 11.2. The van der Waals surface area contributed by atoms with Gasteiger partial charge in [-0.15, -0.1) is 0 Å². The lowest BCUT2D eigenvalue weighted by Crippen LogP contribution is -2.00. The van der Waals surface area contributed by atoms with E-state index in [-0.39, 0.29) is 17.2 Å². The van der Waals surface area contributed by atoms with E-state index in [0.29, 0.717) is 16.8 Å². The largest absolute Gasteiger partial charge is 0.383 e. The molecule has 2 aromatic carbocycles. The predicted molar refractivity (Wildman–Crippen MR) is 93.7 cm³/mol. The van der Waals surface area contributed by atoms with E-state index < -0.39 is 0 Å². The number of nitriles is 1. The maximum absolute atomic E-state index is 13.6. The lowest BCUT2D eigenvalue weighted by molar-refractivity contribution is 0.628. The van der Waals surface area contributed by atoms with Crippen molar-refractivity contribution in [2.24, 2.45) is 0 Å². The molecule has 2 N–H and O–H groups in total. The topological polar surface area (TPSA) is 62.7 Å². The van der Waals surface area contributed by atoms with Gasteiger partial charge in [0, 0.05) is 11.1 Å². The first-order valence-electron chi connectivity index (χ1n) is 7.54. The number of halogens is 1. The van der Waals surface area contributed by atoms with Crippen LogP contribution in [-0.4, -0.2) is 4.98 Å². The number of nitrogen functional groups attached to an aromatic ring is 1. The Hall–Kier alpha value is -3.19. The molecule has 0 saturated heterocycles. The number of hydrogen-bond donors (Lipinski definition) is 1. The summed E-state index contributed by atoms with van der Waals surface area (Å²) in [4.78, 5) is 4.39. The SMILES string of the molecule is Cc1ccc(C)c(-c2cc(-c3cccc(F)c3)c(C#N)c(N)n2)c1. The number of rotatable bonds is 2. The minimum absolute atomic E-state index is 0.148. The van der Waals surface area contributed by atoms with Crippen LogP contribution in [0.5, 0.6) is 0 Å². The summed E-state index contributed by atoms with van der Waals surface area (Å²) >= 11 is 0. The smallest absolute Gasteiger partial charge is 0.142 e. The number of benzene rings is 2. The number of hydrogen-bond acceptors (Lipinski definition) is 3. The molecule has 118 valence electrons. The molecule has 0 fully saturated rings. The van der Waals surface area contributed by atoms with Gasteiger partial charge in [0.05, 0.1) is 5.69 Å². The quantitative estimate of drug-likeness (QED) is 0.750. The molecule has 24 heavy (non-hydrogen) atoms. The molecule has 0 amide bonds. The first-order valence-corrected chi connectivity index (χ1v) is 7.54. The Morgan fingerprint density at radius 2 is 1.83 bits per heavy atom. The number of aryl methyl sites for hydroxylation is 2. The number of nitrogens with two attached hydrogens (primary N) is 1. The maximum atomic E-state index is 13.6. The zero-order valence-electron chi connectivity index (χ0n) is 13.5. The molecule has 0 radical (unpaired) electrons. The van der Waals surface area contributed by atoms with Crippen LogP contribution >= 0.6 is 0 Å². The second-order valence-electron chi connectivity index (χ2n) is 5.76.